The Bertz CT molecular complexity index is 1080. The third kappa shape index (κ3) is 19.8. The van der Waals surface area contributed by atoms with Gasteiger partial charge in [0.2, 0.25) is 0 Å². The molecule has 0 fully saturated rings. The quantitative estimate of drug-likeness (QED) is 0.0444. The van der Waals surface area contributed by atoms with Crippen molar-refractivity contribution < 1.29 is 32.0 Å². The maximum atomic E-state index is 12.8. The van der Waals surface area contributed by atoms with Crippen molar-refractivity contribution in [1.29, 1.82) is 0 Å². The van der Waals surface area contributed by atoms with Crippen LogP contribution in [0.4, 0.5) is 0 Å². The second-order valence-corrected chi connectivity index (χ2v) is 13.0. The molecule has 0 aliphatic heterocycles. The van der Waals surface area contributed by atoms with Crippen LogP contribution in [0.2, 0.25) is 0 Å². The first-order valence-corrected chi connectivity index (χ1v) is 18.5. The summed E-state index contributed by atoms with van der Waals surface area (Å²) in [6, 6.07) is 3.17. The van der Waals surface area contributed by atoms with E-state index in [2.05, 4.69) is 13.8 Å². The molecule has 0 atom stereocenters. The van der Waals surface area contributed by atoms with E-state index in [1.165, 1.54) is 103 Å². The fraction of sp³-hybridized carbons (Fsp3) is 0.667. The van der Waals surface area contributed by atoms with Crippen LogP contribution in [0, 0.1) is 0 Å². The Kier molecular flexibility index (Phi) is 23.2. The Morgan fingerprint density at radius 3 is 1.39 bits per heavy atom. The molecule has 250 valence electrons. The number of rotatable bonds is 27. The predicted molar refractivity (Wildman–Crippen MR) is 179 cm³/mol. The number of esters is 2. The number of unbranched alkanes of at least 4 members (excludes halogenated alkanes) is 18. The Hall–Kier alpha value is -2.45. The van der Waals surface area contributed by atoms with Crippen molar-refractivity contribution in [3.8, 4) is 0 Å². The lowest BCUT2D eigenvalue weighted by Crippen LogP contribution is -2.15. The summed E-state index contributed by atoms with van der Waals surface area (Å²) >= 11 is 0. The van der Waals surface area contributed by atoms with E-state index in [0.717, 1.165) is 43.9 Å². The molecule has 0 aliphatic rings. The Labute approximate surface area is 267 Å². The van der Waals surface area contributed by atoms with Crippen molar-refractivity contribution >= 4 is 22.1 Å². The van der Waals surface area contributed by atoms with E-state index < -0.39 is 27.0 Å². The van der Waals surface area contributed by atoms with Gasteiger partial charge in [-0.2, -0.15) is 8.42 Å². The van der Waals surface area contributed by atoms with Gasteiger partial charge in [-0.15, -0.1) is 0 Å². The monoisotopic (exact) mass is 634 g/mol. The standard InChI is InChI=1S/C36H58O7S/c1-3-5-7-9-11-13-15-17-19-21-23-25-29-42-35(37)33-28-27-32(44(39,40)41)31-34(33)36(38)43-30-26-24-22-20-18-16-14-12-10-8-6-4-2/h23-28,31H,3-22,29-30H2,1-2H3,(H,39,40,41)/b25-23+,26-24+. The predicted octanol–water partition coefficient (Wildman–Crippen LogP) is 10.2. The van der Waals surface area contributed by atoms with Gasteiger partial charge in [0.15, 0.2) is 0 Å². The summed E-state index contributed by atoms with van der Waals surface area (Å²) in [6.45, 7) is 4.48. The molecule has 8 heteroatoms. The lowest BCUT2D eigenvalue weighted by Gasteiger charge is -2.10. The fourth-order valence-electron chi connectivity index (χ4n) is 4.95. The van der Waals surface area contributed by atoms with Crippen LogP contribution >= 0.6 is 0 Å². The molecule has 0 heterocycles. The fourth-order valence-corrected chi connectivity index (χ4v) is 5.46. The van der Waals surface area contributed by atoms with Crippen LogP contribution in [-0.2, 0) is 19.6 Å². The number of hydrogen-bond donors (Lipinski definition) is 1. The van der Waals surface area contributed by atoms with Gasteiger partial charge in [0.25, 0.3) is 10.1 Å². The highest BCUT2D eigenvalue weighted by Gasteiger charge is 2.23. The largest absolute Gasteiger partial charge is 0.458 e. The Balaban J connectivity index is 2.45. The molecule has 0 amide bonds. The highest BCUT2D eigenvalue weighted by atomic mass is 32.2. The lowest BCUT2D eigenvalue weighted by atomic mass is 10.1. The minimum Gasteiger partial charge on any atom is -0.458 e. The lowest BCUT2D eigenvalue weighted by molar-refractivity contribution is 0.0502. The average molecular weight is 635 g/mol. The molecule has 0 radical (unpaired) electrons. The van der Waals surface area contributed by atoms with E-state index in [1.807, 2.05) is 12.2 Å². The van der Waals surface area contributed by atoms with Crippen molar-refractivity contribution in [1.82, 2.24) is 0 Å². The number of carbonyl (C=O) groups is 2. The molecule has 0 bridgehead atoms. The SMILES string of the molecule is CCCCCCCCCCC/C=C/COC(=O)c1ccc(S(=O)(=O)O)cc1C(=O)OC/C=C/CCCCCCCCCCC. The smallest absolute Gasteiger partial charge is 0.339 e. The zero-order chi connectivity index (χ0) is 32.3. The second-order valence-electron chi connectivity index (χ2n) is 11.6. The summed E-state index contributed by atoms with van der Waals surface area (Å²) in [6.07, 6.45) is 31.9. The van der Waals surface area contributed by atoms with Crippen LogP contribution in [-0.4, -0.2) is 38.1 Å². The molecule has 0 spiro atoms. The van der Waals surface area contributed by atoms with Crippen molar-refractivity contribution in [2.75, 3.05) is 13.2 Å². The van der Waals surface area contributed by atoms with E-state index in [9.17, 15) is 22.6 Å². The number of benzene rings is 1. The van der Waals surface area contributed by atoms with E-state index in [4.69, 9.17) is 9.47 Å². The third-order valence-corrected chi connectivity index (χ3v) is 8.48. The number of ether oxygens (including phenoxy) is 2. The molecule has 7 nitrogen and oxygen atoms in total. The van der Waals surface area contributed by atoms with Gasteiger partial charge in [0.1, 0.15) is 13.2 Å². The third-order valence-electron chi connectivity index (χ3n) is 7.63. The van der Waals surface area contributed by atoms with Gasteiger partial charge in [0, 0.05) is 0 Å². The van der Waals surface area contributed by atoms with Crippen LogP contribution in [0.25, 0.3) is 0 Å². The number of allylic oxidation sites excluding steroid dienone is 2. The highest BCUT2D eigenvalue weighted by molar-refractivity contribution is 7.85. The first kappa shape index (κ1) is 39.6. The Morgan fingerprint density at radius 2 is 0.977 bits per heavy atom. The zero-order valence-electron chi connectivity index (χ0n) is 27.4. The van der Waals surface area contributed by atoms with Gasteiger partial charge in [-0.25, -0.2) is 9.59 Å². The van der Waals surface area contributed by atoms with Gasteiger partial charge in [-0.05, 0) is 43.9 Å². The summed E-state index contributed by atoms with van der Waals surface area (Å²) < 4.78 is 43.3. The van der Waals surface area contributed by atoms with Gasteiger partial charge >= 0.3 is 11.9 Å². The molecule has 1 rings (SSSR count). The normalized spacial score (nSPS) is 11.9. The van der Waals surface area contributed by atoms with Crippen LogP contribution in [0.1, 0.15) is 163 Å². The van der Waals surface area contributed by atoms with Crippen molar-refractivity contribution in [3.63, 3.8) is 0 Å². The summed E-state index contributed by atoms with van der Waals surface area (Å²) in [4.78, 5) is 25.0. The average Bonchev–Trinajstić information content (AvgIpc) is 3.00. The van der Waals surface area contributed by atoms with Crippen molar-refractivity contribution in [2.45, 2.75) is 147 Å². The topological polar surface area (TPSA) is 107 Å². The molecule has 0 aliphatic carbocycles. The van der Waals surface area contributed by atoms with E-state index in [0.29, 0.717) is 0 Å². The van der Waals surface area contributed by atoms with E-state index >= 15 is 0 Å². The molecule has 1 aromatic rings. The minimum absolute atomic E-state index is 0.0115. The summed E-state index contributed by atoms with van der Waals surface area (Å²) in [5.74, 6) is -1.64. The minimum atomic E-state index is -4.58. The van der Waals surface area contributed by atoms with Gasteiger partial charge in [-0.1, -0.05) is 141 Å². The summed E-state index contributed by atoms with van der Waals surface area (Å²) in [5.41, 5.74) is -0.385. The number of hydrogen-bond acceptors (Lipinski definition) is 6. The zero-order valence-corrected chi connectivity index (χ0v) is 28.2. The second kappa shape index (κ2) is 25.8. The molecular formula is C36H58O7S. The molecule has 0 aromatic heterocycles. The van der Waals surface area contributed by atoms with Crippen LogP contribution < -0.4 is 0 Å². The Morgan fingerprint density at radius 1 is 0.591 bits per heavy atom. The molecule has 0 saturated carbocycles. The molecule has 1 aromatic carbocycles. The molecule has 0 saturated heterocycles. The van der Waals surface area contributed by atoms with E-state index in [1.54, 1.807) is 12.2 Å². The van der Waals surface area contributed by atoms with Gasteiger partial charge in [-0.3, -0.25) is 4.55 Å². The van der Waals surface area contributed by atoms with Crippen LogP contribution in [0.3, 0.4) is 0 Å². The van der Waals surface area contributed by atoms with Crippen LogP contribution in [0.15, 0.2) is 47.4 Å². The maximum absolute atomic E-state index is 12.8. The summed E-state index contributed by atoms with van der Waals surface area (Å²) in [5, 5.41) is 0. The van der Waals surface area contributed by atoms with Crippen LogP contribution in [0.5, 0.6) is 0 Å². The summed E-state index contributed by atoms with van der Waals surface area (Å²) in [7, 11) is -4.58. The van der Waals surface area contributed by atoms with Crippen molar-refractivity contribution in [3.05, 3.63) is 53.6 Å². The molecule has 0 unspecified atom stereocenters. The molecular weight excluding hydrogens is 576 g/mol. The number of carbonyl (C=O) groups excluding carboxylic acids is 2. The first-order chi connectivity index (χ1) is 21.3. The van der Waals surface area contributed by atoms with Gasteiger partial charge < -0.3 is 9.47 Å². The molecule has 44 heavy (non-hydrogen) atoms. The first-order valence-electron chi connectivity index (χ1n) is 17.1. The molecule has 1 N–H and O–H groups in total. The maximum Gasteiger partial charge on any atom is 0.339 e. The van der Waals surface area contributed by atoms with E-state index in [-0.39, 0.29) is 24.3 Å². The van der Waals surface area contributed by atoms with Crippen molar-refractivity contribution in [2.24, 2.45) is 0 Å². The van der Waals surface area contributed by atoms with Gasteiger partial charge in [0.05, 0.1) is 16.0 Å². The highest BCUT2D eigenvalue weighted by Crippen LogP contribution is 2.19.